The minimum absolute atomic E-state index is 0.0804. The summed E-state index contributed by atoms with van der Waals surface area (Å²) in [6.07, 6.45) is 1.21. The standard InChI is InChI=1S/C24H25N3O2S/c1-4-16-9-11-17(12-10-16)19-13-20(28)25-22-21(19)23(29)26-24(27(22)3)30-14-18-8-6-5-7-15(18)2/h5-12,19H,4,13-14H2,1-3H3,(H,25,28). The molecule has 30 heavy (non-hydrogen) atoms. The summed E-state index contributed by atoms with van der Waals surface area (Å²) < 4.78 is 1.84. The number of nitrogens with zero attached hydrogens (tertiary/aromatic N) is 2. The number of aryl methyl sites for hydroxylation is 2. The third-order valence-corrected chi connectivity index (χ3v) is 6.79. The zero-order valence-electron chi connectivity index (χ0n) is 17.4. The zero-order chi connectivity index (χ0) is 21.3. The first-order chi connectivity index (χ1) is 14.5. The van der Waals surface area contributed by atoms with Gasteiger partial charge in [-0.25, -0.2) is 0 Å². The van der Waals surface area contributed by atoms with E-state index >= 15 is 0 Å². The van der Waals surface area contributed by atoms with E-state index in [4.69, 9.17) is 0 Å². The van der Waals surface area contributed by atoms with Gasteiger partial charge in [-0.05, 0) is 35.6 Å². The van der Waals surface area contributed by atoms with E-state index in [0.717, 1.165) is 12.0 Å². The van der Waals surface area contributed by atoms with Crippen LogP contribution in [0.1, 0.15) is 47.1 Å². The van der Waals surface area contributed by atoms with Crippen LogP contribution >= 0.6 is 11.8 Å². The molecule has 1 aromatic heterocycles. The lowest BCUT2D eigenvalue weighted by molar-refractivity contribution is -0.116. The van der Waals surface area contributed by atoms with Crippen LogP contribution in [0.5, 0.6) is 0 Å². The highest BCUT2D eigenvalue weighted by Gasteiger charge is 2.32. The molecule has 0 fully saturated rings. The molecule has 1 aliphatic rings. The largest absolute Gasteiger partial charge is 0.312 e. The molecule has 6 heteroatoms. The first kappa shape index (κ1) is 20.4. The van der Waals surface area contributed by atoms with Crippen LogP contribution in [-0.2, 0) is 24.0 Å². The number of hydrogen-bond acceptors (Lipinski definition) is 4. The van der Waals surface area contributed by atoms with Crippen molar-refractivity contribution in [2.75, 3.05) is 5.32 Å². The summed E-state index contributed by atoms with van der Waals surface area (Å²) in [7, 11) is 1.86. The van der Waals surface area contributed by atoms with E-state index in [-0.39, 0.29) is 23.8 Å². The topological polar surface area (TPSA) is 64.0 Å². The number of carbonyl (C=O) groups excluding carboxylic acids is 1. The van der Waals surface area contributed by atoms with Crippen molar-refractivity contribution >= 4 is 23.5 Å². The molecule has 0 saturated carbocycles. The predicted octanol–water partition coefficient (Wildman–Crippen LogP) is 4.42. The summed E-state index contributed by atoms with van der Waals surface area (Å²) in [4.78, 5) is 29.9. The van der Waals surface area contributed by atoms with Crippen LogP contribution in [0.4, 0.5) is 5.82 Å². The molecule has 2 aromatic carbocycles. The van der Waals surface area contributed by atoms with Gasteiger partial charge in [-0.15, -0.1) is 0 Å². The Morgan fingerprint density at radius 1 is 1.13 bits per heavy atom. The monoisotopic (exact) mass is 419 g/mol. The smallest absolute Gasteiger partial charge is 0.279 e. The first-order valence-corrected chi connectivity index (χ1v) is 11.1. The minimum Gasteiger partial charge on any atom is -0.312 e. The molecule has 0 radical (unpaired) electrons. The number of fused-ring (bicyclic) bond motifs is 1. The van der Waals surface area contributed by atoms with Gasteiger partial charge in [0, 0.05) is 25.1 Å². The number of nitrogens with one attached hydrogen (secondary N) is 1. The molecule has 1 aliphatic heterocycles. The summed E-state index contributed by atoms with van der Waals surface area (Å²) >= 11 is 1.51. The van der Waals surface area contributed by atoms with Crippen molar-refractivity contribution in [2.45, 2.75) is 43.5 Å². The Kier molecular flexibility index (Phi) is 5.77. The van der Waals surface area contributed by atoms with Gasteiger partial charge in [-0.1, -0.05) is 67.2 Å². The lowest BCUT2D eigenvalue weighted by Crippen LogP contribution is -2.33. The average Bonchev–Trinajstić information content (AvgIpc) is 2.75. The summed E-state index contributed by atoms with van der Waals surface area (Å²) in [5.41, 5.74) is 4.92. The van der Waals surface area contributed by atoms with Crippen LogP contribution in [0.15, 0.2) is 58.5 Å². The minimum atomic E-state index is -0.277. The number of benzene rings is 2. The lowest BCUT2D eigenvalue weighted by Gasteiger charge is -2.27. The number of anilines is 1. The molecule has 154 valence electrons. The Bertz CT molecular complexity index is 1150. The summed E-state index contributed by atoms with van der Waals surface area (Å²) in [5, 5.41) is 3.51. The van der Waals surface area contributed by atoms with Gasteiger partial charge in [0.05, 0.1) is 5.56 Å². The molecule has 0 spiro atoms. The Morgan fingerprint density at radius 2 is 1.87 bits per heavy atom. The normalized spacial score (nSPS) is 15.6. The zero-order valence-corrected chi connectivity index (χ0v) is 18.3. The maximum Gasteiger partial charge on any atom is 0.279 e. The molecular formula is C24H25N3O2S. The predicted molar refractivity (Wildman–Crippen MR) is 121 cm³/mol. The molecule has 0 saturated heterocycles. The van der Waals surface area contributed by atoms with Crippen molar-refractivity contribution in [1.82, 2.24) is 9.55 Å². The average molecular weight is 420 g/mol. The molecule has 1 amide bonds. The molecule has 0 bridgehead atoms. The molecule has 4 rings (SSSR count). The van der Waals surface area contributed by atoms with Crippen molar-refractivity contribution in [3.63, 3.8) is 0 Å². The fourth-order valence-corrected chi connectivity index (χ4v) is 4.89. The maximum absolute atomic E-state index is 13.0. The van der Waals surface area contributed by atoms with Crippen LogP contribution < -0.4 is 10.9 Å². The number of hydrogen-bond donors (Lipinski definition) is 1. The molecule has 1 unspecified atom stereocenters. The van der Waals surface area contributed by atoms with Gasteiger partial charge >= 0.3 is 0 Å². The number of rotatable bonds is 5. The SMILES string of the molecule is CCc1ccc(C2CC(=O)Nc3c2c(=O)nc(SCc2ccccc2C)n3C)cc1. The summed E-state index contributed by atoms with van der Waals surface area (Å²) in [5.74, 6) is 0.911. The Labute approximate surface area is 180 Å². The van der Waals surface area contributed by atoms with Crippen molar-refractivity contribution in [3.05, 3.63) is 86.7 Å². The fraction of sp³-hybridized carbons (Fsp3) is 0.292. The Morgan fingerprint density at radius 3 is 2.57 bits per heavy atom. The van der Waals surface area contributed by atoms with Crippen molar-refractivity contribution in [3.8, 4) is 0 Å². The maximum atomic E-state index is 13.0. The summed E-state index contributed by atoms with van der Waals surface area (Å²) in [6.45, 7) is 4.18. The van der Waals surface area contributed by atoms with E-state index in [0.29, 0.717) is 22.3 Å². The van der Waals surface area contributed by atoms with Crippen molar-refractivity contribution in [1.29, 1.82) is 0 Å². The molecule has 1 N–H and O–H groups in total. The van der Waals surface area contributed by atoms with Crippen LogP contribution in [0.3, 0.4) is 0 Å². The Balaban J connectivity index is 1.71. The highest BCUT2D eigenvalue weighted by atomic mass is 32.2. The first-order valence-electron chi connectivity index (χ1n) is 10.1. The van der Waals surface area contributed by atoms with E-state index in [2.05, 4.69) is 48.4 Å². The third kappa shape index (κ3) is 3.92. The van der Waals surface area contributed by atoms with Crippen LogP contribution in [0.25, 0.3) is 0 Å². The molecule has 0 aliphatic carbocycles. The molecule has 2 heterocycles. The number of amides is 1. The second kappa shape index (κ2) is 8.48. The van der Waals surface area contributed by atoms with Crippen LogP contribution in [-0.4, -0.2) is 15.5 Å². The number of carbonyl (C=O) groups is 1. The number of aromatic nitrogens is 2. The van der Waals surface area contributed by atoms with Crippen LogP contribution in [0, 0.1) is 6.92 Å². The second-order valence-corrected chi connectivity index (χ2v) is 8.58. The van der Waals surface area contributed by atoms with Gasteiger partial charge in [0.15, 0.2) is 5.16 Å². The highest BCUT2D eigenvalue weighted by Crippen LogP contribution is 2.36. The fourth-order valence-electron chi connectivity index (χ4n) is 3.85. The molecule has 1 atom stereocenters. The van der Waals surface area contributed by atoms with Crippen LogP contribution in [0.2, 0.25) is 0 Å². The molecular weight excluding hydrogens is 394 g/mol. The van der Waals surface area contributed by atoms with Gasteiger partial charge in [0.25, 0.3) is 5.56 Å². The molecule has 5 nitrogen and oxygen atoms in total. The third-order valence-electron chi connectivity index (χ3n) is 5.71. The molecule has 3 aromatic rings. The quantitative estimate of drug-likeness (QED) is 0.491. The van der Waals surface area contributed by atoms with Gasteiger partial charge in [-0.2, -0.15) is 4.98 Å². The van der Waals surface area contributed by atoms with E-state index in [9.17, 15) is 9.59 Å². The van der Waals surface area contributed by atoms with E-state index < -0.39 is 0 Å². The number of thioether (sulfide) groups is 1. The van der Waals surface area contributed by atoms with E-state index in [1.165, 1.54) is 28.5 Å². The van der Waals surface area contributed by atoms with E-state index in [1.54, 1.807) is 0 Å². The van der Waals surface area contributed by atoms with Crippen molar-refractivity contribution < 1.29 is 4.79 Å². The van der Waals surface area contributed by atoms with Crippen molar-refractivity contribution in [2.24, 2.45) is 7.05 Å². The second-order valence-electron chi connectivity index (χ2n) is 7.64. The Hall–Kier alpha value is -2.86. The van der Waals surface area contributed by atoms with Gasteiger partial charge < -0.3 is 9.88 Å². The van der Waals surface area contributed by atoms with E-state index in [1.807, 2.05) is 35.9 Å². The van der Waals surface area contributed by atoms with Gasteiger partial charge in [-0.3, -0.25) is 9.59 Å². The van der Waals surface area contributed by atoms with Gasteiger partial charge in [0.2, 0.25) is 5.91 Å². The summed E-state index contributed by atoms with van der Waals surface area (Å²) in [6, 6.07) is 16.3. The lowest BCUT2D eigenvalue weighted by atomic mass is 9.86. The highest BCUT2D eigenvalue weighted by molar-refractivity contribution is 7.98. The van der Waals surface area contributed by atoms with Gasteiger partial charge in [0.1, 0.15) is 5.82 Å².